The van der Waals surface area contributed by atoms with E-state index in [0.29, 0.717) is 10.9 Å². The summed E-state index contributed by atoms with van der Waals surface area (Å²) in [5.41, 5.74) is 1.32. The van der Waals surface area contributed by atoms with Gasteiger partial charge in [0.2, 0.25) is 5.91 Å². The Morgan fingerprint density at radius 2 is 1.97 bits per heavy atom. The third kappa shape index (κ3) is 5.07. The largest absolute Gasteiger partial charge is 0.353 e. The molecule has 0 radical (unpaired) electrons. The monoisotopic (exact) mass is 476 g/mol. The van der Waals surface area contributed by atoms with Gasteiger partial charge < -0.3 is 10.2 Å². The molecular formula is C24H36N4O2S2. The number of aromatic nitrogens is 2. The van der Waals surface area contributed by atoms with Gasteiger partial charge in [0.25, 0.3) is 5.56 Å². The number of rotatable bonds is 7. The standard InChI is InChI=1S/C24H36N4O2S2/c1-4-16(3)28-23(30)21-18-9-7-6-8-10-19(18)32-22(21)26-24(28)31-15-20(29)25-17-11-13-27(5-2)14-12-17/h16-17H,4-15H2,1-3H3,(H,25,29). The minimum atomic E-state index is 0.0388. The second kappa shape index (κ2) is 10.7. The first kappa shape index (κ1) is 23.8. The van der Waals surface area contributed by atoms with E-state index in [2.05, 4.69) is 31.0 Å². The average molecular weight is 477 g/mol. The van der Waals surface area contributed by atoms with E-state index in [4.69, 9.17) is 4.98 Å². The van der Waals surface area contributed by atoms with Crippen LogP contribution in [0.4, 0.5) is 0 Å². The molecule has 2 aromatic rings. The van der Waals surface area contributed by atoms with Crippen LogP contribution in [-0.4, -0.2) is 51.8 Å². The Kier molecular flexibility index (Phi) is 7.95. The van der Waals surface area contributed by atoms with Crippen LogP contribution in [0.2, 0.25) is 0 Å². The minimum Gasteiger partial charge on any atom is -0.353 e. The number of nitrogens with one attached hydrogen (secondary N) is 1. The molecule has 2 aliphatic rings. The minimum absolute atomic E-state index is 0.0388. The maximum atomic E-state index is 13.6. The van der Waals surface area contributed by atoms with E-state index in [1.807, 2.05) is 4.57 Å². The molecule has 1 N–H and O–H groups in total. The van der Waals surface area contributed by atoms with E-state index in [0.717, 1.165) is 68.4 Å². The highest BCUT2D eigenvalue weighted by Crippen LogP contribution is 2.34. The lowest BCUT2D eigenvalue weighted by molar-refractivity contribution is -0.119. The normalized spacial score (nSPS) is 19.0. The molecule has 0 bridgehead atoms. The van der Waals surface area contributed by atoms with Gasteiger partial charge in [-0.1, -0.05) is 32.0 Å². The van der Waals surface area contributed by atoms with Gasteiger partial charge in [-0.15, -0.1) is 11.3 Å². The van der Waals surface area contributed by atoms with Crippen LogP contribution in [0.1, 0.15) is 75.8 Å². The van der Waals surface area contributed by atoms with Crippen molar-refractivity contribution in [3.63, 3.8) is 0 Å². The number of amides is 1. The highest BCUT2D eigenvalue weighted by Gasteiger charge is 2.24. The van der Waals surface area contributed by atoms with Gasteiger partial charge in [0.1, 0.15) is 4.83 Å². The molecule has 1 amide bonds. The van der Waals surface area contributed by atoms with Crippen molar-refractivity contribution in [2.45, 2.75) is 89.4 Å². The number of fused-ring (bicyclic) bond motifs is 3. The van der Waals surface area contributed by atoms with E-state index in [1.54, 1.807) is 11.3 Å². The third-order valence-electron chi connectivity index (χ3n) is 7.00. The fraction of sp³-hybridized carbons (Fsp3) is 0.708. The van der Waals surface area contributed by atoms with E-state index in [9.17, 15) is 9.59 Å². The molecule has 3 heterocycles. The molecule has 0 aromatic carbocycles. The van der Waals surface area contributed by atoms with Crippen LogP contribution >= 0.6 is 23.1 Å². The number of thiophene rings is 1. The zero-order valence-corrected chi connectivity index (χ0v) is 21.2. The van der Waals surface area contributed by atoms with Crippen LogP contribution in [-0.2, 0) is 17.6 Å². The third-order valence-corrected chi connectivity index (χ3v) is 9.14. The number of piperidine rings is 1. The molecule has 1 atom stereocenters. The first-order chi connectivity index (χ1) is 15.5. The molecule has 1 unspecified atom stereocenters. The average Bonchev–Trinajstić information content (AvgIpc) is 2.99. The second-order valence-electron chi connectivity index (χ2n) is 9.14. The Morgan fingerprint density at radius 1 is 1.22 bits per heavy atom. The lowest BCUT2D eigenvalue weighted by Crippen LogP contribution is -2.45. The molecular weight excluding hydrogens is 440 g/mol. The fourth-order valence-corrected chi connectivity index (χ4v) is 7.05. The van der Waals surface area contributed by atoms with Crippen molar-refractivity contribution in [3.8, 4) is 0 Å². The number of thioether (sulfide) groups is 1. The number of nitrogens with zero attached hydrogens (tertiary/aromatic N) is 3. The molecule has 1 aliphatic carbocycles. The first-order valence-corrected chi connectivity index (χ1v) is 14.0. The van der Waals surface area contributed by atoms with Crippen LogP contribution in [0, 0.1) is 0 Å². The highest BCUT2D eigenvalue weighted by atomic mass is 32.2. The summed E-state index contributed by atoms with van der Waals surface area (Å²) in [6, 6.07) is 0.315. The smallest absolute Gasteiger partial charge is 0.263 e. The number of carbonyl (C=O) groups excluding carboxylic acids is 1. The van der Waals surface area contributed by atoms with Gasteiger partial charge in [-0.2, -0.15) is 0 Å². The lowest BCUT2D eigenvalue weighted by atomic mass is 10.1. The van der Waals surface area contributed by atoms with Crippen molar-refractivity contribution in [1.29, 1.82) is 0 Å². The van der Waals surface area contributed by atoms with E-state index >= 15 is 0 Å². The van der Waals surface area contributed by atoms with Crippen molar-refractivity contribution >= 4 is 39.2 Å². The van der Waals surface area contributed by atoms with Gasteiger partial charge >= 0.3 is 0 Å². The van der Waals surface area contributed by atoms with Crippen molar-refractivity contribution in [1.82, 2.24) is 19.8 Å². The number of carbonyl (C=O) groups is 1. The van der Waals surface area contributed by atoms with Crippen LogP contribution in [0.5, 0.6) is 0 Å². The predicted octanol–water partition coefficient (Wildman–Crippen LogP) is 4.39. The van der Waals surface area contributed by atoms with Crippen LogP contribution < -0.4 is 10.9 Å². The van der Waals surface area contributed by atoms with Gasteiger partial charge in [-0.25, -0.2) is 4.98 Å². The van der Waals surface area contributed by atoms with Crippen molar-refractivity contribution in [3.05, 3.63) is 20.8 Å². The molecule has 1 aliphatic heterocycles. The zero-order valence-electron chi connectivity index (χ0n) is 19.6. The van der Waals surface area contributed by atoms with Crippen molar-refractivity contribution < 1.29 is 4.79 Å². The van der Waals surface area contributed by atoms with E-state index in [1.165, 1.54) is 35.0 Å². The van der Waals surface area contributed by atoms with E-state index < -0.39 is 0 Å². The van der Waals surface area contributed by atoms with Crippen molar-refractivity contribution in [2.24, 2.45) is 0 Å². The van der Waals surface area contributed by atoms with Gasteiger partial charge in [-0.05, 0) is 64.0 Å². The lowest BCUT2D eigenvalue weighted by Gasteiger charge is -2.31. The fourth-order valence-electron chi connectivity index (χ4n) is 4.84. The Labute approximate surface area is 199 Å². The van der Waals surface area contributed by atoms with Crippen LogP contribution in [0.15, 0.2) is 9.95 Å². The molecule has 6 nitrogen and oxygen atoms in total. The SMILES string of the molecule is CCC(C)n1c(SCC(=O)NC2CCN(CC)CC2)nc2sc3c(c2c1=O)CCCCC3. The summed E-state index contributed by atoms with van der Waals surface area (Å²) in [6.07, 6.45) is 8.48. The molecule has 8 heteroatoms. The Balaban J connectivity index is 1.54. The summed E-state index contributed by atoms with van der Waals surface area (Å²) >= 11 is 3.10. The summed E-state index contributed by atoms with van der Waals surface area (Å²) in [5.74, 6) is 0.338. The summed E-state index contributed by atoms with van der Waals surface area (Å²) in [5, 5.41) is 4.72. The molecule has 1 fully saturated rings. The molecule has 0 spiro atoms. The van der Waals surface area contributed by atoms with Gasteiger partial charge in [0.05, 0.1) is 11.1 Å². The first-order valence-electron chi connectivity index (χ1n) is 12.2. The van der Waals surface area contributed by atoms with Gasteiger partial charge in [0, 0.05) is 30.1 Å². The summed E-state index contributed by atoms with van der Waals surface area (Å²) < 4.78 is 1.85. The quantitative estimate of drug-likeness (QED) is 0.365. The van der Waals surface area contributed by atoms with Crippen LogP contribution in [0.3, 0.4) is 0 Å². The Hall–Kier alpha value is -1.38. The summed E-state index contributed by atoms with van der Waals surface area (Å²) in [7, 11) is 0. The molecule has 4 rings (SSSR count). The van der Waals surface area contributed by atoms with Gasteiger partial charge in [0.15, 0.2) is 5.16 Å². The molecule has 32 heavy (non-hydrogen) atoms. The highest BCUT2D eigenvalue weighted by molar-refractivity contribution is 7.99. The summed E-state index contributed by atoms with van der Waals surface area (Å²) in [4.78, 5) is 35.9. The van der Waals surface area contributed by atoms with Crippen molar-refractivity contribution in [2.75, 3.05) is 25.4 Å². The molecule has 2 aromatic heterocycles. The van der Waals surface area contributed by atoms with Crippen LogP contribution in [0.25, 0.3) is 10.2 Å². The molecule has 176 valence electrons. The maximum Gasteiger partial charge on any atom is 0.263 e. The number of hydrogen-bond donors (Lipinski definition) is 1. The molecule has 1 saturated heterocycles. The second-order valence-corrected chi connectivity index (χ2v) is 11.2. The Bertz CT molecular complexity index is 1010. The van der Waals surface area contributed by atoms with E-state index in [-0.39, 0.29) is 23.6 Å². The topological polar surface area (TPSA) is 67.2 Å². The zero-order chi connectivity index (χ0) is 22.7. The number of hydrogen-bond acceptors (Lipinski definition) is 6. The summed E-state index contributed by atoms with van der Waals surface area (Å²) in [6.45, 7) is 9.52. The Morgan fingerprint density at radius 3 is 2.69 bits per heavy atom. The predicted molar refractivity (Wildman–Crippen MR) is 134 cm³/mol. The van der Waals surface area contributed by atoms with Gasteiger partial charge in [-0.3, -0.25) is 14.2 Å². The number of likely N-dealkylation sites (tertiary alicyclic amines) is 1. The number of aryl methyl sites for hydroxylation is 2. The molecule has 0 saturated carbocycles. The maximum absolute atomic E-state index is 13.6.